The van der Waals surface area contributed by atoms with E-state index in [2.05, 4.69) is 15.2 Å². The number of rotatable bonds is 7. The number of anilines is 1. The number of nitrogens with zero attached hydrogens (tertiary/aromatic N) is 2. The summed E-state index contributed by atoms with van der Waals surface area (Å²) in [6.07, 6.45) is 3.31. The summed E-state index contributed by atoms with van der Waals surface area (Å²) in [6, 6.07) is 16.0. The smallest absolute Gasteiger partial charge is 0.244 e. The number of nitrogens with one attached hydrogen (secondary N) is 1. The number of morpholine rings is 1. The molecular formula is C28H28FN3O3. The molecule has 0 unspecified atom stereocenters. The van der Waals surface area contributed by atoms with Crippen LogP contribution in [0.3, 0.4) is 0 Å². The number of halogens is 1. The third kappa shape index (κ3) is 4.88. The second kappa shape index (κ2) is 9.68. The first-order valence-corrected chi connectivity index (χ1v) is 11.9. The van der Waals surface area contributed by atoms with E-state index >= 15 is 0 Å². The van der Waals surface area contributed by atoms with Crippen molar-refractivity contribution in [3.8, 4) is 11.1 Å². The number of pyridine rings is 1. The molecule has 35 heavy (non-hydrogen) atoms. The fraction of sp³-hybridized carbons (Fsp3) is 0.321. The van der Waals surface area contributed by atoms with Crippen LogP contribution in [0.4, 0.5) is 10.1 Å². The molecular weight excluding hydrogens is 445 g/mol. The highest BCUT2D eigenvalue weighted by molar-refractivity contribution is 6.03. The van der Waals surface area contributed by atoms with E-state index in [0.29, 0.717) is 35.6 Å². The Morgan fingerprint density at radius 2 is 1.83 bits per heavy atom. The van der Waals surface area contributed by atoms with E-state index in [4.69, 9.17) is 4.74 Å². The molecule has 0 bridgehead atoms. The molecule has 2 aromatic carbocycles. The molecule has 1 saturated heterocycles. The Kier molecular flexibility index (Phi) is 6.45. The van der Waals surface area contributed by atoms with Crippen molar-refractivity contribution in [2.45, 2.75) is 31.7 Å². The molecule has 7 heteroatoms. The summed E-state index contributed by atoms with van der Waals surface area (Å²) in [6.45, 7) is 4.75. The monoisotopic (exact) mass is 473 g/mol. The van der Waals surface area contributed by atoms with E-state index in [-0.39, 0.29) is 18.1 Å². The maximum absolute atomic E-state index is 13.9. The Morgan fingerprint density at radius 3 is 2.51 bits per heavy atom. The van der Waals surface area contributed by atoms with Crippen molar-refractivity contribution in [3.63, 3.8) is 0 Å². The minimum atomic E-state index is -0.521. The maximum Gasteiger partial charge on any atom is 0.244 e. The zero-order chi connectivity index (χ0) is 24.4. The summed E-state index contributed by atoms with van der Waals surface area (Å²) >= 11 is 0. The van der Waals surface area contributed by atoms with E-state index in [0.717, 1.165) is 37.1 Å². The van der Waals surface area contributed by atoms with Gasteiger partial charge in [0.1, 0.15) is 5.54 Å². The van der Waals surface area contributed by atoms with E-state index in [1.165, 1.54) is 6.20 Å². The van der Waals surface area contributed by atoms with Crippen molar-refractivity contribution in [3.05, 3.63) is 83.4 Å². The van der Waals surface area contributed by atoms with Crippen LogP contribution in [0.5, 0.6) is 0 Å². The number of carbonyl (C=O) groups is 2. The van der Waals surface area contributed by atoms with Crippen LogP contribution in [0.1, 0.15) is 34.3 Å². The number of ketones is 1. The van der Waals surface area contributed by atoms with Crippen LogP contribution >= 0.6 is 0 Å². The zero-order valence-corrected chi connectivity index (χ0v) is 19.7. The Bertz CT molecular complexity index is 1250. The minimum Gasteiger partial charge on any atom is -0.379 e. The SMILES string of the molecule is Cc1ccc(C(=O)Cc2ccc(-c3cccnc3F)cc2)cc1NC(=O)C1(N2CCOCC2)CC1. The van der Waals surface area contributed by atoms with Gasteiger partial charge < -0.3 is 10.1 Å². The Labute approximate surface area is 204 Å². The van der Waals surface area contributed by atoms with Crippen molar-refractivity contribution >= 4 is 17.4 Å². The Hall–Kier alpha value is -3.42. The average Bonchev–Trinajstić information content (AvgIpc) is 3.69. The van der Waals surface area contributed by atoms with Gasteiger partial charge in [-0.1, -0.05) is 36.4 Å². The van der Waals surface area contributed by atoms with Crippen molar-refractivity contribution in [2.75, 3.05) is 31.6 Å². The molecule has 1 N–H and O–H groups in total. The van der Waals surface area contributed by atoms with Crippen molar-refractivity contribution in [1.29, 1.82) is 0 Å². The molecule has 1 saturated carbocycles. The van der Waals surface area contributed by atoms with Gasteiger partial charge >= 0.3 is 0 Å². The molecule has 0 atom stereocenters. The highest BCUT2D eigenvalue weighted by Crippen LogP contribution is 2.43. The van der Waals surface area contributed by atoms with Gasteiger partial charge in [0, 0.05) is 42.5 Å². The summed E-state index contributed by atoms with van der Waals surface area (Å²) < 4.78 is 19.4. The van der Waals surface area contributed by atoms with E-state index in [1.807, 2.05) is 25.1 Å². The number of aryl methyl sites for hydroxylation is 1. The fourth-order valence-electron chi connectivity index (χ4n) is 4.66. The Morgan fingerprint density at radius 1 is 1.09 bits per heavy atom. The molecule has 1 aliphatic heterocycles. The highest BCUT2D eigenvalue weighted by atomic mass is 19.1. The molecule has 0 spiro atoms. The van der Waals surface area contributed by atoms with Gasteiger partial charge in [-0.3, -0.25) is 14.5 Å². The number of hydrogen-bond acceptors (Lipinski definition) is 5. The molecule has 2 heterocycles. The van der Waals surface area contributed by atoms with Gasteiger partial charge in [0.05, 0.1) is 13.2 Å². The first-order chi connectivity index (χ1) is 17.0. The summed E-state index contributed by atoms with van der Waals surface area (Å²) in [5, 5.41) is 3.09. The summed E-state index contributed by atoms with van der Waals surface area (Å²) in [7, 11) is 0. The van der Waals surface area contributed by atoms with Crippen LogP contribution in [-0.4, -0.2) is 53.4 Å². The van der Waals surface area contributed by atoms with E-state index in [1.54, 1.807) is 36.4 Å². The molecule has 0 radical (unpaired) electrons. The number of hydrogen-bond donors (Lipinski definition) is 1. The minimum absolute atomic E-state index is 0.00896. The molecule has 1 aliphatic carbocycles. The molecule has 2 fully saturated rings. The van der Waals surface area contributed by atoms with Crippen LogP contribution in [-0.2, 0) is 16.0 Å². The van der Waals surface area contributed by atoms with Crippen LogP contribution < -0.4 is 5.32 Å². The van der Waals surface area contributed by atoms with Crippen LogP contribution in [0.2, 0.25) is 0 Å². The van der Waals surface area contributed by atoms with Crippen LogP contribution in [0, 0.1) is 12.9 Å². The number of ether oxygens (including phenoxy) is 1. The number of aromatic nitrogens is 1. The lowest BCUT2D eigenvalue weighted by atomic mass is 9.99. The normalized spacial score (nSPS) is 17.1. The maximum atomic E-state index is 13.9. The van der Waals surface area contributed by atoms with Gasteiger partial charge in [-0.25, -0.2) is 4.98 Å². The summed E-state index contributed by atoms with van der Waals surface area (Å²) in [4.78, 5) is 32.1. The number of benzene rings is 2. The third-order valence-electron chi connectivity index (χ3n) is 6.96. The fourth-order valence-corrected chi connectivity index (χ4v) is 4.66. The molecule has 5 rings (SSSR count). The number of carbonyl (C=O) groups excluding carboxylic acids is 2. The Balaban J connectivity index is 1.27. The predicted molar refractivity (Wildman–Crippen MR) is 132 cm³/mol. The van der Waals surface area contributed by atoms with Gasteiger partial charge in [0.2, 0.25) is 11.9 Å². The van der Waals surface area contributed by atoms with Crippen molar-refractivity contribution in [1.82, 2.24) is 9.88 Å². The summed E-state index contributed by atoms with van der Waals surface area (Å²) in [5.41, 5.74) is 3.64. The predicted octanol–water partition coefficient (Wildman–Crippen LogP) is 4.42. The average molecular weight is 474 g/mol. The van der Waals surface area contributed by atoms with Crippen LogP contribution in [0.25, 0.3) is 11.1 Å². The molecule has 180 valence electrons. The van der Waals surface area contributed by atoms with Crippen LogP contribution in [0.15, 0.2) is 60.8 Å². The topological polar surface area (TPSA) is 71.5 Å². The lowest BCUT2D eigenvalue weighted by Crippen LogP contribution is -2.51. The van der Waals surface area contributed by atoms with E-state index in [9.17, 15) is 14.0 Å². The quantitative estimate of drug-likeness (QED) is 0.406. The third-order valence-corrected chi connectivity index (χ3v) is 6.96. The lowest BCUT2D eigenvalue weighted by Gasteiger charge is -2.34. The standard InChI is InChI=1S/C28H28FN3O3/c1-19-4-7-22(18-24(19)31-27(34)28(10-11-28)32-13-15-35-16-14-32)25(33)17-20-5-8-21(9-6-20)23-3-2-12-30-26(23)29/h2-9,12,18H,10-11,13-17H2,1H3,(H,31,34). The van der Waals surface area contributed by atoms with Gasteiger partial charge in [-0.15, -0.1) is 0 Å². The second-order valence-electron chi connectivity index (χ2n) is 9.25. The van der Waals surface area contributed by atoms with Gasteiger partial charge in [-0.05, 0) is 54.7 Å². The second-order valence-corrected chi connectivity index (χ2v) is 9.25. The highest BCUT2D eigenvalue weighted by Gasteiger charge is 2.54. The number of amides is 1. The zero-order valence-electron chi connectivity index (χ0n) is 19.7. The summed E-state index contributed by atoms with van der Waals surface area (Å²) in [5.74, 6) is -0.576. The first-order valence-electron chi connectivity index (χ1n) is 11.9. The van der Waals surface area contributed by atoms with Crippen molar-refractivity contribution in [2.24, 2.45) is 0 Å². The van der Waals surface area contributed by atoms with Gasteiger partial charge in [-0.2, -0.15) is 4.39 Å². The molecule has 3 aromatic rings. The molecule has 1 amide bonds. The molecule has 1 aromatic heterocycles. The molecule has 6 nitrogen and oxygen atoms in total. The van der Waals surface area contributed by atoms with E-state index < -0.39 is 11.5 Å². The van der Waals surface area contributed by atoms with Crippen molar-refractivity contribution < 1.29 is 18.7 Å². The first kappa shape index (κ1) is 23.3. The number of Topliss-reactive ketones (excluding diaryl/α,β-unsaturated/α-hetero) is 1. The van der Waals surface area contributed by atoms with Gasteiger partial charge in [0.15, 0.2) is 5.78 Å². The lowest BCUT2D eigenvalue weighted by molar-refractivity contribution is -0.124. The molecule has 2 aliphatic rings. The van der Waals surface area contributed by atoms with Gasteiger partial charge in [0.25, 0.3) is 0 Å². The largest absolute Gasteiger partial charge is 0.379 e.